The maximum atomic E-state index is 13.8. The zero-order valence-corrected chi connectivity index (χ0v) is 23.5. The molecule has 1 N–H and O–H groups in total. The van der Waals surface area contributed by atoms with Crippen LogP contribution in [0.1, 0.15) is 49.9 Å². The van der Waals surface area contributed by atoms with E-state index in [1.165, 1.54) is 22.5 Å². The Morgan fingerprint density at radius 2 is 1.51 bits per heavy atom. The molecule has 0 fully saturated rings. The number of amides is 1. The summed E-state index contributed by atoms with van der Waals surface area (Å²) < 4.78 is 5.40. The summed E-state index contributed by atoms with van der Waals surface area (Å²) in [7, 11) is 0. The van der Waals surface area contributed by atoms with Crippen LogP contribution in [0.25, 0.3) is 33.3 Å². The van der Waals surface area contributed by atoms with Crippen molar-refractivity contribution in [3.8, 4) is 22.4 Å². The summed E-state index contributed by atoms with van der Waals surface area (Å²) in [6.45, 7) is 10.2. The van der Waals surface area contributed by atoms with E-state index in [1.807, 2.05) is 60.8 Å². The molecule has 196 valence electrons. The third-order valence-electron chi connectivity index (χ3n) is 7.08. The van der Waals surface area contributed by atoms with Crippen molar-refractivity contribution in [1.82, 2.24) is 4.98 Å². The van der Waals surface area contributed by atoms with Gasteiger partial charge in [0.1, 0.15) is 10.6 Å². The predicted octanol–water partition coefficient (Wildman–Crippen LogP) is 8.29. The number of hydrogen-bond acceptors (Lipinski definition) is 5. The predicted molar refractivity (Wildman–Crippen MR) is 160 cm³/mol. The van der Waals surface area contributed by atoms with Gasteiger partial charge in [-0.15, -0.1) is 11.3 Å². The van der Waals surface area contributed by atoms with Gasteiger partial charge < -0.3 is 10.1 Å². The minimum absolute atomic E-state index is 0.239. The van der Waals surface area contributed by atoms with Crippen LogP contribution in [0.15, 0.2) is 72.1 Å². The van der Waals surface area contributed by atoms with Crippen molar-refractivity contribution >= 4 is 39.1 Å². The summed E-state index contributed by atoms with van der Waals surface area (Å²) in [5, 5.41) is 6.13. The number of nitrogens with zero attached hydrogens (tertiary/aromatic N) is 1. The van der Waals surface area contributed by atoms with E-state index >= 15 is 0 Å². The topological polar surface area (TPSA) is 68.3 Å². The first-order valence-corrected chi connectivity index (χ1v) is 13.8. The molecule has 0 saturated carbocycles. The summed E-state index contributed by atoms with van der Waals surface area (Å²) in [5.41, 5.74) is 9.54. The Labute approximate surface area is 232 Å². The van der Waals surface area contributed by atoms with Gasteiger partial charge in [0.05, 0.1) is 23.4 Å². The van der Waals surface area contributed by atoms with Crippen molar-refractivity contribution in [2.24, 2.45) is 0 Å². The molecule has 5 aromatic rings. The first-order chi connectivity index (χ1) is 18.8. The fourth-order valence-electron chi connectivity index (χ4n) is 4.56. The highest BCUT2D eigenvalue weighted by molar-refractivity contribution is 7.15. The molecule has 0 saturated heterocycles. The molecular formula is C33H30N2O3S. The number of ether oxygens (including phenoxy) is 1. The Kier molecular flexibility index (Phi) is 7.31. The number of hydrogen-bond donors (Lipinski definition) is 1. The minimum atomic E-state index is -0.460. The number of carbonyl (C=O) groups is 2. The molecule has 39 heavy (non-hydrogen) atoms. The van der Waals surface area contributed by atoms with Gasteiger partial charge in [-0.2, -0.15) is 0 Å². The lowest BCUT2D eigenvalue weighted by Crippen LogP contribution is -2.15. The molecule has 0 atom stereocenters. The van der Waals surface area contributed by atoms with Crippen LogP contribution in [-0.4, -0.2) is 23.5 Å². The quantitative estimate of drug-likeness (QED) is 0.223. The van der Waals surface area contributed by atoms with Gasteiger partial charge in [0.25, 0.3) is 5.91 Å². The molecule has 6 heteroatoms. The Morgan fingerprint density at radius 3 is 2.21 bits per heavy atom. The number of carbonyl (C=O) groups excluding carboxylic acids is 2. The van der Waals surface area contributed by atoms with Crippen LogP contribution in [0, 0.1) is 27.7 Å². The van der Waals surface area contributed by atoms with E-state index < -0.39 is 5.97 Å². The number of aryl methyl sites for hydroxylation is 4. The standard InChI is InChI=1S/C33H30N2O3S/c1-6-38-33(37)30-27(23-13-11-19(2)21(4)15-23)18-39-32(30)35-31(36)26-17-29(24-14-12-20(3)22(5)16-24)34-28-10-8-7-9-25(26)28/h7-18H,6H2,1-5H3,(H,35,36). The van der Waals surface area contributed by atoms with Gasteiger partial charge >= 0.3 is 5.97 Å². The highest BCUT2D eigenvalue weighted by Gasteiger charge is 2.24. The molecule has 0 bridgehead atoms. The smallest absolute Gasteiger partial charge is 0.341 e. The first kappa shape index (κ1) is 26.3. The SMILES string of the molecule is CCOC(=O)c1c(-c2ccc(C)c(C)c2)csc1NC(=O)c1cc(-c2ccc(C)c(C)c2)nc2ccccc12. The van der Waals surface area contributed by atoms with Gasteiger partial charge in [-0.05, 0) is 80.6 Å². The number of thiophene rings is 1. The molecular weight excluding hydrogens is 504 g/mol. The molecule has 0 aliphatic carbocycles. The molecule has 0 spiro atoms. The summed E-state index contributed by atoms with van der Waals surface area (Å²) in [5.74, 6) is -0.768. The van der Waals surface area contributed by atoms with Crippen LogP contribution >= 0.6 is 11.3 Å². The number of para-hydroxylation sites is 1. The molecule has 5 rings (SSSR count). The number of benzene rings is 3. The average molecular weight is 535 g/mol. The second-order valence-electron chi connectivity index (χ2n) is 9.70. The van der Waals surface area contributed by atoms with Crippen LogP contribution in [0.4, 0.5) is 5.00 Å². The van der Waals surface area contributed by atoms with Gasteiger partial charge in [-0.25, -0.2) is 9.78 Å². The van der Waals surface area contributed by atoms with E-state index in [1.54, 1.807) is 6.92 Å². The van der Waals surface area contributed by atoms with Crippen molar-refractivity contribution in [1.29, 1.82) is 0 Å². The van der Waals surface area contributed by atoms with Crippen LogP contribution in [0.5, 0.6) is 0 Å². The number of pyridine rings is 1. The second kappa shape index (κ2) is 10.8. The Morgan fingerprint density at radius 1 is 0.846 bits per heavy atom. The number of nitrogens with one attached hydrogen (secondary N) is 1. The summed E-state index contributed by atoms with van der Waals surface area (Å²) >= 11 is 1.32. The Hall–Kier alpha value is -4.29. The van der Waals surface area contributed by atoms with Crippen LogP contribution < -0.4 is 5.32 Å². The monoisotopic (exact) mass is 534 g/mol. The van der Waals surface area contributed by atoms with E-state index in [2.05, 4.69) is 44.3 Å². The molecule has 5 nitrogen and oxygen atoms in total. The number of rotatable bonds is 6. The minimum Gasteiger partial charge on any atom is -0.462 e. The van der Waals surface area contributed by atoms with E-state index in [9.17, 15) is 9.59 Å². The number of aromatic nitrogens is 1. The van der Waals surface area contributed by atoms with Crippen molar-refractivity contribution in [2.75, 3.05) is 11.9 Å². The van der Waals surface area contributed by atoms with Crippen LogP contribution in [-0.2, 0) is 4.74 Å². The van der Waals surface area contributed by atoms with E-state index in [-0.39, 0.29) is 12.5 Å². The number of esters is 1. The zero-order valence-electron chi connectivity index (χ0n) is 22.7. The maximum Gasteiger partial charge on any atom is 0.341 e. The van der Waals surface area contributed by atoms with E-state index in [0.717, 1.165) is 44.4 Å². The summed E-state index contributed by atoms with van der Waals surface area (Å²) in [4.78, 5) is 31.8. The average Bonchev–Trinajstić information content (AvgIpc) is 3.34. The fraction of sp³-hybridized carbons (Fsp3) is 0.182. The van der Waals surface area contributed by atoms with E-state index in [4.69, 9.17) is 9.72 Å². The lowest BCUT2D eigenvalue weighted by Gasteiger charge is -2.12. The second-order valence-corrected chi connectivity index (χ2v) is 10.6. The summed E-state index contributed by atoms with van der Waals surface area (Å²) in [6, 6.07) is 21.7. The van der Waals surface area contributed by atoms with Gasteiger partial charge in [0.2, 0.25) is 0 Å². The highest BCUT2D eigenvalue weighted by atomic mass is 32.1. The molecule has 0 radical (unpaired) electrons. The largest absolute Gasteiger partial charge is 0.462 e. The molecule has 0 unspecified atom stereocenters. The molecule has 2 aromatic heterocycles. The Balaban J connectivity index is 1.59. The molecule has 2 heterocycles. The maximum absolute atomic E-state index is 13.8. The fourth-order valence-corrected chi connectivity index (χ4v) is 5.51. The van der Waals surface area contributed by atoms with Crippen molar-refractivity contribution in [2.45, 2.75) is 34.6 Å². The zero-order chi connectivity index (χ0) is 27.7. The first-order valence-electron chi connectivity index (χ1n) is 12.9. The van der Waals surface area contributed by atoms with Gasteiger partial charge in [0.15, 0.2) is 0 Å². The lowest BCUT2D eigenvalue weighted by molar-refractivity contribution is 0.0529. The van der Waals surface area contributed by atoms with Crippen molar-refractivity contribution in [3.63, 3.8) is 0 Å². The van der Waals surface area contributed by atoms with Crippen LogP contribution in [0.3, 0.4) is 0 Å². The highest BCUT2D eigenvalue weighted by Crippen LogP contribution is 2.37. The van der Waals surface area contributed by atoms with Gasteiger partial charge in [-0.1, -0.05) is 48.5 Å². The number of anilines is 1. The third kappa shape index (κ3) is 5.20. The van der Waals surface area contributed by atoms with Crippen molar-refractivity contribution < 1.29 is 14.3 Å². The lowest BCUT2D eigenvalue weighted by atomic mass is 9.99. The van der Waals surface area contributed by atoms with Gasteiger partial charge in [-0.3, -0.25) is 4.79 Å². The normalized spacial score (nSPS) is 11.0. The molecule has 0 aliphatic heterocycles. The Bertz CT molecular complexity index is 1740. The number of fused-ring (bicyclic) bond motifs is 1. The van der Waals surface area contributed by atoms with Gasteiger partial charge in [0, 0.05) is 21.9 Å². The molecule has 3 aromatic carbocycles. The van der Waals surface area contributed by atoms with E-state index in [0.29, 0.717) is 16.1 Å². The molecule has 0 aliphatic rings. The van der Waals surface area contributed by atoms with Crippen LogP contribution in [0.2, 0.25) is 0 Å². The third-order valence-corrected chi connectivity index (χ3v) is 7.97. The summed E-state index contributed by atoms with van der Waals surface area (Å²) in [6.07, 6.45) is 0. The van der Waals surface area contributed by atoms with Crippen molar-refractivity contribution in [3.05, 3.63) is 105 Å². The molecule has 1 amide bonds.